The third kappa shape index (κ3) is 20.4. The van der Waals surface area contributed by atoms with Crippen LogP contribution in [0.25, 0.3) is 11.1 Å². The highest BCUT2D eigenvalue weighted by Gasteiger charge is 2.37. The molecule has 0 saturated heterocycles. The van der Waals surface area contributed by atoms with Crippen molar-refractivity contribution in [3.63, 3.8) is 0 Å². The number of ether oxygens (including phenoxy) is 2. The fraction of sp³-hybridized carbons (Fsp3) is 0.551. The molecule has 2 aromatic carbocycles. The number of halogens is 2. The zero-order chi connectivity index (χ0) is 50.8. The number of nitrogens with zero attached hydrogens (tertiary/aromatic N) is 2. The molecule has 0 aliphatic rings. The monoisotopic (exact) mass is 986 g/mol. The molecule has 0 unspecified atom stereocenters. The smallest absolute Gasteiger partial charge is 0.407 e. The van der Waals surface area contributed by atoms with Gasteiger partial charge in [0.2, 0.25) is 17.7 Å². The molecular formula is C49H72F2N6O9SSi. The molecule has 0 aliphatic carbocycles. The first-order valence-electron chi connectivity index (χ1n) is 23.0. The van der Waals surface area contributed by atoms with Gasteiger partial charge in [-0.2, -0.15) is 0 Å². The van der Waals surface area contributed by atoms with Crippen LogP contribution < -0.4 is 21.3 Å². The van der Waals surface area contributed by atoms with Gasteiger partial charge in [-0.05, 0) is 87.7 Å². The number of nitrogens with one attached hydrogen (secondary N) is 4. The fourth-order valence-electron chi connectivity index (χ4n) is 7.24. The van der Waals surface area contributed by atoms with E-state index in [0.29, 0.717) is 43.7 Å². The van der Waals surface area contributed by atoms with Gasteiger partial charge < -0.3 is 45.3 Å². The Morgan fingerprint density at radius 3 is 2.13 bits per heavy atom. The van der Waals surface area contributed by atoms with Crippen LogP contribution in [0.4, 0.5) is 18.4 Å². The van der Waals surface area contributed by atoms with Crippen molar-refractivity contribution in [2.45, 2.75) is 130 Å². The minimum atomic E-state index is -1.44. The Bertz CT molecular complexity index is 2160. The second kappa shape index (κ2) is 26.4. The Balaban J connectivity index is 1.89. The minimum Gasteiger partial charge on any atom is -0.480 e. The molecule has 0 aliphatic heterocycles. The third-order valence-electron chi connectivity index (χ3n) is 10.4. The summed E-state index contributed by atoms with van der Waals surface area (Å²) in [7, 11) is -1.44. The van der Waals surface area contributed by atoms with E-state index >= 15 is 4.39 Å². The third-order valence-corrected chi connectivity index (χ3v) is 13.2. The molecule has 15 nitrogen and oxygen atoms in total. The van der Waals surface area contributed by atoms with Crippen molar-refractivity contribution in [3.8, 4) is 11.1 Å². The van der Waals surface area contributed by atoms with Gasteiger partial charge in [-0.15, -0.1) is 11.8 Å². The van der Waals surface area contributed by atoms with Crippen LogP contribution in [0.15, 0.2) is 60.8 Å². The van der Waals surface area contributed by atoms with Crippen LogP contribution in [-0.2, 0) is 35.2 Å². The molecule has 376 valence electrons. The summed E-state index contributed by atoms with van der Waals surface area (Å²) in [5, 5.41) is 20.7. The largest absolute Gasteiger partial charge is 0.480 e. The molecule has 3 aromatic rings. The van der Waals surface area contributed by atoms with Crippen LogP contribution in [0.5, 0.6) is 0 Å². The normalized spacial score (nSPS) is 13.1. The highest BCUT2D eigenvalue weighted by molar-refractivity contribution is 8.00. The van der Waals surface area contributed by atoms with Crippen molar-refractivity contribution in [2.75, 3.05) is 37.7 Å². The van der Waals surface area contributed by atoms with E-state index in [1.165, 1.54) is 6.92 Å². The van der Waals surface area contributed by atoms with Crippen LogP contribution in [0, 0.1) is 17.0 Å². The van der Waals surface area contributed by atoms with Gasteiger partial charge in [-0.1, -0.05) is 70.7 Å². The first-order chi connectivity index (χ1) is 31.7. The SMILES string of the molecule is CC(=O)N[C@@H](CCCCNC(=O)OC(C)(C)C)C(=O)N[C@@H](CSCC(=O)N(CCCNC(=O)OCC[Si](C)(C)C)[C@@H](c1cc(-c2cc(F)ccc2F)cn1Cc1ccccc1)C(C)(C)C)C(=O)O. The highest BCUT2D eigenvalue weighted by atomic mass is 32.2. The van der Waals surface area contributed by atoms with Crippen LogP contribution >= 0.6 is 11.8 Å². The van der Waals surface area contributed by atoms with Crippen LogP contribution in [0.1, 0.15) is 91.4 Å². The van der Waals surface area contributed by atoms with E-state index in [4.69, 9.17) is 9.47 Å². The predicted octanol–water partition coefficient (Wildman–Crippen LogP) is 8.35. The molecule has 5 N–H and O–H groups in total. The quantitative estimate of drug-likeness (QED) is 0.0407. The number of carbonyl (C=O) groups is 6. The molecule has 5 amide bonds. The van der Waals surface area contributed by atoms with E-state index in [9.17, 15) is 38.3 Å². The predicted molar refractivity (Wildman–Crippen MR) is 264 cm³/mol. The Morgan fingerprint density at radius 1 is 0.853 bits per heavy atom. The topological polar surface area (TPSA) is 197 Å². The average Bonchev–Trinajstić information content (AvgIpc) is 3.62. The van der Waals surface area contributed by atoms with Gasteiger partial charge >= 0.3 is 18.2 Å². The summed E-state index contributed by atoms with van der Waals surface area (Å²) in [6.45, 7) is 20.1. The number of hydrogen-bond donors (Lipinski definition) is 5. The Hall–Kier alpha value is -5.43. The number of hydrogen-bond acceptors (Lipinski definition) is 9. The number of alkyl carbamates (subject to hydrolysis) is 2. The summed E-state index contributed by atoms with van der Waals surface area (Å²) >= 11 is 1.00. The van der Waals surface area contributed by atoms with Gasteiger partial charge in [0.1, 0.15) is 29.3 Å². The summed E-state index contributed by atoms with van der Waals surface area (Å²) in [6, 6.07) is 12.2. The zero-order valence-electron chi connectivity index (χ0n) is 41.3. The van der Waals surface area contributed by atoms with Crippen molar-refractivity contribution in [2.24, 2.45) is 5.41 Å². The lowest BCUT2D eigenvalue weighted by Crippen LogP contribution is -2.52. The van der Waals surface area contributed by atoms with Crippen molar-refractivity contribution < 1.29 is 52.1 Å². The van der Waals surface area contributed by atoms with Gasteiger partial charge in [0.25, 0.3) is 0 Å². The van der Waals surface area contributed by atoms with Gasteiger partial charge in [0, 0.05) is 69.9 Å². The van der Waals surface area contributed by atoms with E-state index in [2.05, 4.69) is 40.9 Å². The number of carboxylic acid groups (broad SMARTS) is 1. The average molecular weight is 987 g/mol. The lowest BCUT2D eigenvalue weighted by Gasteiger charge is -2.41. The molecule has 3 rings (SSSR count). The number of carbonyl (C=O) groups excluding carboxylic acids is 5. The molecule has 0 saturated carbocycles. The molecule has 19 heteroatoms. The van der Waals surface area contributed by atoms with E-state index in [0.717, 1.165) is 41.6 Å². The van der Waals surface area contributed by atoms with E-state index in [1.807, 2.05) is 55.7 Å². The second-order valence-corrected chi connectivity index (χ2v) is 26.7. The van der Waals surface area contributed by atoms with Gasteiger partial charge in [0.05, 0.1) is 18.4 Å². The Labute approximate surface area is 405 Å². The van der Waals surface area contributed by atoms with E-state index in [1.54, 1.807) is 37.9 Å². The van der Waals surface area contributed by atoms with Gasteiger partial charge in [0.15, 0.2) is 0 Å². The number of unbranched alkanes of at least 4 members (excludes halogenated alkanes) is 1. The van der Waals surface area contributed by atoms with Crippen LogP contribution in [0.3, 0.4) is 0 Å². The zero-order valence-corrected chi connectivity index (χ0v) is 43.1. The molecule has 0 bridgehead atoms. The number of rotatable bonds is 25. The molecule has 0 spiro atoms. The highest BCUT2D eigenvalue weighted by Crippen LogP contribution is 2.41. The van der Waals surface area contributed by atoms with Gasteiger partial charge in [-0.25, -0.2) is 23.2 Å². The summed E-state index contributed by atoms with van der Waals surface area (Å²) in [6.07, 6.45) is 1.91. The maximum atomic E-state index is 15.4. The van der Waals surface area contributed by atoms with Crippen molar-refractivity contribution >= 4 is 55.7 Å². The molecular weight excluding hydrogens is 915 g/mol. The number of benzene rings is 2. The minimum absolute atomic E-state index is 0.0497. The Morgan fingerprint density at radius 2 is 1.51 bits per heavy atom. The van der Waals surface area contributed by atoms with Crippen LogP contribution in [0.2, 0.25) is 25.7 Å². The summed E-state index contributed by atoms with van der Waals surface area (Å²) < 4.78 is 42.5. The molecule has 0 radical (unpaired) electrons. The maximum Gasteiger partial charge on any atom is 0.407 e. The van der Waals surface area contributed by atoms with Crippen molar-refractivity contribution in [3.05, 3.63) is 83.7 Å². The standard InChI is InChI=1S/C49H72F2N6O9SSi/c1-33(58)54-39(19-14-15-22-53-47(64)66-49(5,6)7)44(60)55-40(45(61)62)31-67-32-42(59)57(24-16-23-52-46(63)65-25-26-68(8,9)10)43(48(2,3)4)41-27-35(37-28-36(50)20-21-38(37)51)30-56(41)29-34-17-12-11-13-18-34/h11-13,17-18,20-21,27-28,30,39-40,43H,14-16,19,22-26,29,31-32H2,1-10H3,(H,52,63)(H,53,64)(H,54,58)(H,55,60)(H,61,62)/t39-,40-,43-/m0/s1. The molecule has 68 heavy (non-hydrogen) atoms. The lowest BCUT2D eigenvalue weighted by molar-refractivity contribution is -0.141. The molecule has 3 atom stereocenters. The molecule has 1 heterocycles. The van der Waals surface area contributed by atoms with Crippen molar-refractivity contribution in [1.82, 2.24) is 30.7 Å². The van der Waals surface area contributed by atoms with E-state index in [-0.39, 0.29) is 49.0 Å². The first-order valence-corrected chi connectivity index (χ1v) is 27.8. The van der Waals surface area contributed by atoms with Crippen LogP contribution in [-0.4, -0.2) is 114 Å². The number of aliphatic carboxylic acids is 1. The number of thioether (sulfide) groups is 1. The number of aromatic nitrogens is 1. The Kier molecular flexibility index (Phi) is 22.1. The molecule has 0 fully saturated rings. The summed E-state index contributed by atoms with van der Waals surface area (Å²) in [5.74, 6) is -4.56. The van der Waals surface area contributed by atoms with E-state index < -0.39 is 78.8 Å². The number of amides is 5. The number of carboxylic acids is 1. The maximum absolute atomic E-state index is 15.4. The summed E-state index contributed by atoms with van der Waals surface area (Å²) in [5.41, 5.74) is 0.673. The molecule has 1 aromatic heterocycles. The van der Waals surface area contributed by atoms with Crippen molar-refractivity contribution in [1.29, 1.82) is 0 Å². The fourth-order valence-corrected chi connectivity index (χ4v) is 8.87. The lowest BCUT2D eigenvalue weighted by atomic mass is 9.83. The first kappa shape index (κ1) is 56.9. The second-order valence-electron chi connectivity index (χ2n) is 20.1. The summed E-state index contributed by atoms with van der Waals surface area (Å²) in [4.78, 5) is 79.0. The van der Waals surface area contributed by atoms with Gasteiger partial charge in [-0.3, -0.25) is 14.4 Å².